The average molecular weight is 422 g/mol. The molecular weight excluding hydrogens is 390 g/mol. The molecule has 0 spiro atoms. The molecule has 7 heteroatoms. The summed E-state index contributed by atoms with van der Waals surface area (Å²) in [6, 6.07) is 3.84. The van der Waals surface area contributed by atoms with Crippen molar-refractivity contribution in [2.24, 2.45) is 0 Å². The maximum Gasteiger partial charge on any atom is 0.242 e. The topological polar surface area (TPSA) is 71.5 Å². The maximum absolute atomic E-state index is 12.8. The second kappa shape index (κ2) is 8.81. The second-order valence-corrected chi connectivity index (χ2v) is 8.99. The molecule has 0 unspecified atom stereocenters. The largest absolute Gasteiger partial charge is 0.490 e. The second-order valence-electron chi connectivity index (χ2n) is 8.99. The summed E-state index contributed by atoms with van der Waals surface area (Å²) in [5.41, 5.74) is 2.99. The predicted molar refractivity (Wildman–Crippen MR) is 119 cm³/mol. The van der Waals surface area contributed by atoms with E-state index in [0.29, 0.717) is 18.5 Å². The number of hydrogen-bond acceptors (Lipinski definition) is 6. The highest BCUT2D eigenvalue weighted by atomic mass is 16.5. The summed E-state index contributed by atoms with van der Waals surface area (Å²) in [6.07, 6.45) is 12.0. The van der Waals surface area contributed by atoms with Gasteiger partial charge in [-0.2, -0.15) is 0 Å². The fourth-order valence-corrected chi connectivity index (χ4v) is 4.65. The van der Waals surface area contributed by atoms with E-state index in [-0.39, 0.29) is 5.91 Å². The normalized spacial score (nSPS) is 18.4. The molecule has 164 valence electrons. The van der Waals surface area contributed by atoms with Crippen molar-refractivity contribution in [2.45, 2.75) is 63.9 Å². The molecule has 1 saturated heterocycles. The molecule has 2 aliphatic carbocycles. The number of amides is 1. The molecule has 7 nitrogen and oxygen atoms in total. The first kappa shape index (κ1) is 20.2. The lowest BCUT2D eigenvalue weighted by molar-refractivity contribution is -0.130. The number of likely N-dealkylation sites (tertiary alicyclic amines) is 1. The molecule has 2 aromatic heterocycles. The van der Waals surface area contributed by atoms with Crippen molar-refractivity contribution < 1.29 is 9.53 Å². The zero-order valence-corrected chi connectivity index (χ0v) is 18.3. The van der Waals surface area contributed by atoms with E-state index in [0.717, 1.165) is 81.0 Å². The van der Waals surface area contributed by atoms with Gasteiger partial charge in [0.05, 0.1) is 12.6 Å². The molecule has 1 amide bonds. The Morgan fingerprint density at radius 1 is 1.13 bits per heavy atom. The number of fused-ring (bicyclic) bond motifs is 1. The van der Waals surface area contributed by atoms with Crippen molar-refractivity contribution in [1.29, 1.82) is 0 Å². The summed E-state index contributed by atoms with van der Waals surface area (Å²) in [6.45, 7) is 2.09. The van der Waals surface area contributed by atoms with Crippen LogP contribution in [0.5, 0.6) is 5.75 Å². The van der Waals surface area contributed by atoms with Crippen LogP contribution in [0.4, 0.5) is 5.82 Å². The average Bonchev–Trinajstić information content (AvgIpc) is 3.25. The van der Waals surface area contributed by atoms with Crippen LogP contribution in [0.3, 0.4) is 0 Å². The molecule has 1 aliphatic heterocycles. The highest BCUT2D eigenvalue weighted by Gasteiger charge is 2.25. The standard InChI is InChI=1S/C24H31N5O2/c1-28(16-22(30)29-13-3-2-4-14-29)24-19-9-6-10-20(19)26-23(27-24)21-15-18(11-12-25-21)31-17-7-5-8-17/h11-12,15,17H,2-10,13-14,16H2,1H3. The summed E-state index contributed by atoms with van der Waals surface area (Å²) in [7, 11) is 1.97. The number of hydrogen-bond donors (Lipinski definition) is 0. The van der Waals surface area contributed by atoms with Gasteiger partial charge in [-0.15, -0.1) is 0 Å². The Balaban J connectivity index is 1.39. The molecule has 31 heavy (non-hydrogen) atoms. The number of aryl methyl sites for hydroxylation is 1. The Morgan fingerprint density at radius 2 is 1.97 bits per heavy atom. The highest BCUT2D eigenvalue weighted by molar-refractivity contribution is 5.81. The first-order valence-electron chi connectivity index (χ1n) is 11.7. The lowest BCUT2D eigenvalue weighted by atomic mass is 9.96. The molecule has 2 aromatic rings. The molecule has 0 N–H and O–H groups in total. The monoisotopic (exact) mass is 421 g/mol. The van der Waals surface area contributed by atoms with Crippen molar-refractivity contribution in [3.63, 3.8) is 0 Å². The van der Waals surface area contributed by atoms with Crippen LogP contribution in [0.1, 0.15) is 56.2 Å². The smallest absolute Gasteiger partial charge is 0.242 e. The summed E-state index contributed by atoms with van der Waals surface area (Å²) in [5.74, 6) is 2.50. The molecular formula is C24H31N5O2. The van der Waals surface area contributed by atoms with Gasteiger partial charge < -0.3 is 14.5 Å². The molecule has 1 saturated carbocycles. The number of carbonyl (C=O) groups excluding carboxylic acids is 1. The van der Waals surface area contributed by atoms with Gasteiger partial charge in [-0.25, -0.2) is 9.97 Å². The summed E-state index contributed by atoms with van der Waals surface area (Å²) < 4.78 is 6.05. The summed E-state index contributed by atoms with van der Waals surface area (Å²) in [4.78, 5) is 31.1. The van der Waals surface area contributed by atoms with Gasteiger partial charge in [-0.3, -0.25) is 9.78 Å². The minimum atomic E-state index is 0.183. The van der Waals surface area contributed by atoms with Gasteiger partial charge in [0, 0.05) is 43.7 Å². The van der Waals surface area contributed by atoms with Crippen molar-refractivity contribution in [1.82, 2.24) is 19.9 Å². The lowest BCUT2D eigenvalue weighted by Gasteiger charge is -2.29. The van der Waals surface area contributed by atoms with Crippen molar-refractivity contribution in [3.05, 3.63) is 29.6 Å². The molecule has 0 aromatic carbocycles. The number of piperidine rings is 1. The van der Waals surface area contributed by atoms with Gasteiger partial charge in [0.25, 0.3) is 0 Å². The maximum atomic E-state index is 12.8. The fourth-order valence-electron chi connectivity index (χ4n) is 4.65. The van der Waals surface area contributed by atoms with E-state index in [1.54, 1.807) is 6.20 Å². The number of rotatable bonds is 6. The third-order valence-corrected chi connectivity index (χ3v) is 6.67. The lowest BCUT2D eigenvalue weighted by Crippen LogP contribution is -2.42. The van der Waals surface area contributed by atoms with Gasteiger partial charge in [0.15, 0.2) is 5.82 Å². The van der Waals surface area contributed by atoms with E-state index in [1.807, 2.05) is 29.0 Å². The van der Waals surface area contributed by atoms with E-state index in [4.69, 9.17) is 14.7 Å². The van der Waals surface area contributed by atoms with Crippen LogP contribution in [0.15, 0.2) is 18.3 Å². The van der Waals surface area contributed by atoms with E-state index >= 15 is 0 Å². The Kier molecular flexibility index (Phi) is 5.74. The van der Waals surface area contributed by atoms with E-state index in [9.17, 15) is 4.79 Å². The zero-order valence-electron chi connectivity index (χ0n) is 18.3. The molecule has 0 bridgehead atoms. The zero-order chi connectivity index (χ0) is 21.2. The molecule has 3 aliphatic rings. The fraction of sp³-hybridized carbons (Fsp3) is 0.583. The van der Waals surface area contributed by atoms with Gasteiger partial charge in [0.2, 0.25) is 5.91 Å². The number of ether oxygens (including phenoxy) is 1. The SMILES string of the molecule is CN(CC(=O)N1CCCCC1)c1nc(-c2cc(OC3CCC3)ccn2)nc2c1CCC2. The quantitative estimate of drug-likeness (QED) is 0.712. The summed E-state index contributed by atoms with van der Waals surface area (Å²) in [5, 5.41) is 0. The number of pyridine rings is 1. The van der Waals surface area contributed by atoms with Crippen LogP contribution in [0.25, 0.3) is 11.5 Å². The number of carbonyl (C=O) groups is 1. The molecule has 2 fully saturated rings. The summed E-state index contributed by atoms with van der Waals surface area (Å²) >= 11 is 0. The van der Waals surface area contributed by atoms with E-state index in [1.165, 1.54) is 18.4 Å². The number of aromatic nitrogens is 3. The van der Waals surface area contributed by atoms with E-state index < -0.39 is 0 Å². The van der Waals surface area contributed by atoms with Crippen LogP contribution in [0.2, 0.25) is 0 Å². The first-order valence-corrected chi connectivity index (χ1v) is 11.7. The molecule has 5 rings (SSSR count). The van der Waals surface area contributed by atoms with E-state index in [2.05, 4.69) is 4.98 Å². The third-order valence-electron chi connectivity index (χ3n) is 6.67. The molecule has 0 atom stereocenters. The highest BCUT2D eigenvalue weighted by Crippen LogP contribution is 2.32. The Morgan fingerprint density at radius 3 is 2.74 bits per heavy atom. The van der Waals surface area contributed by atoms with Crippen LogP contribution >= 0.6 is 0 Å². The number of anilines is 1. The van der Waals surface area contributed by atoms with Crippen LogP contribution < -0.4 is 9.64 Å². The van der Waals surface area contributed by atoms with Crippen LogP contribution in [-0.2, 0) is 17.6 Å². The Labute approximate surface area is 183 Å². The van der Waals surface area contributed by atoms with Crippen LogP contribution in [-0.4, -0.2) is 58.5 Å². The molecule has 3 heterocycles. The van der Waals surface area contributed by atoms with Crippen molar-refractivity contribution >= 4 is 11.7 Å². The third kappa shape index (κ3) is 4.36. The van der Waals surface area contributed by atoms with Gasteiger partial charge in [-0.05, 0) is 63.9 Å². The minimum Gasteiger partial charge on any atom is -0.490 e. The van der Waals surface area contributed by atoms with Gasteiger partial charge in [-0.1, -0.05) is 0 Å². The molecule has 0 radical (unpaired) electrons. The van der Waals surface area contributed by atoms with Crippen molar-refractivity contribution in [3.8, 4) is 17.3 Å². The number of nitrogens with zero attached hydrogens (tertiary/aromatic N) is 5. The Bertz CT molecular complexity index is 953. The van der Waals surface area contributed by atoms with Gasteiger partial charge in [0.1, 0.15) is 17.3 Å². The number of likely N-dealkylation sites (N-methyl/N-ethyl adjacent to an activating group) is 1. The van der Waals surface area contributed by atoms with Crippen molar-refractivity contribution in [2.75, 3.05) is 31.6 Å². The van der Waals surface area contributed by atoms with Crippen LogP contribution in [0, 0.1) is 0 Å². The Hall–Kier alpha value is -2.70. The first-order chi connectivity index (χ1) is 15.2. The van der Waals surface area contributed by atoms with Gasteiger partial charge >= 0.3 is 0 Å². The minimum absolute atomic E-state index is 0.183. The predicted octanol–water partition coefficient (Wildman–Crippen LogP) is 3.41.